The van der Waals surface area contributed by atoms with E-state index >= 15 is 0 Å². The van der Waals surface area contributed by atoms with Gasteiger partial charge in [0.05, 0.1) is 12.7 Å². The van der Waals surface area contributed by atoms with E-state index in [1.807, 2.05) is 11.0 Å². The first-order chi connectivity index (χ1) is 16.1. The number of ether oxygens (including phenoxy) is 2. The second-order valence-electron chi connectivity index (χ2n) is 9.00. The highest BCUT2D eigenvalue weighted by molar-refractivity contribution is 5.93. The van der Waals surface area contributed by atoms with Crippen molar-refractivity contribution >= 4 is 11.9 Å². The van der Waals surface area contributed by atoms with Crippen molar-refractivity contribution in [2.45, 2.75) is 51.2 Å². The number of carbonyl (C=O) groups is 1. The Bertz CT molecular complexity index is 928. The van der Waals surface area contributed by atoms with Gasteiger partial charge in [0.15, 0.2) is 0 Å². The normalized spacial score (nSPS) is 18.0. The maximum absolute atomic E-state index is 13.0. The third kappa shape index (κ3) is 5.81. The number of aromatic nitrogens is 2. The monoisotopic (exact) mass is 453 g/mol. The number of benzene rings is 1. The fourth-order valence-electron chi connectivity index (χ4n) is 4.71. The van der Waals surface area contributed by atoms with Crippen LogP contribution < -0.4 is 10.1 Å². The van der Waals surface area contributed by atoms with Crippen LogP contribution in [0.4, 0.5) is 5.95 Å². The van der Waals surface area contributed by atoms with Gasteiger partial charge in [0.2, 0.25) is 5.95 Å². The predicted molar refractivity (Wildman–Crippen MR) is 128 cm³/mol. The van der Waals surface area contributed by atoms with Crippen LogP contribution in [0.1, 0.15) is 47.7 Å². The van der Waals surface area contributed by atoms with E-state index in [-0.39, 0.29) is 11.9 Å². The standard InChI is InChI=1S/C25H35N5O3/c1-18(9-13-32-2)28-25-26-15-21(16-27-25)24(31)29-11-7-22(8-12-29)30-10-6-19-4-5-23(33-3)14-20(19)17-30/h4-5,14-16,18,22H,6-13,17H2,1-3H3,(H,26,27,28). The summed E-state index contributed by atoms with van der Waals surface area (Å²) in [5.74, 6) is 1.47. The Hall–Kier alpha value is -2.71. The zero-order chi connectivity index (χ0) is 23.2. The highest BCUT2D eigenvalue weighted by Gasteiger charge is 2.29. The quantitative estimate of drug-likeness (QED) is 0.658. The number of rotatable bonds is 8. The Labute approximate surface area is 196 Å². The molecule has 8 nitrogen and oxygen atoms in total. The van der Waals surface area contributed by atoms with E-state index in [0.29, 0.717) is 24.2 Å². The highest BCUT2D eigenvalue weighted by atomic mass is 16.5. The lowest BCUT2D eigenvalue weighted by molar-refractivity contribution is 0.0598. The van der Waals surface area contributed by atoms with Crippen LogP contribution in [0, 0.1) is 0 Å². The number of methoxy groups -OCH3 is 2. The van der Waals surface area contributed by atoms with Crippen molar-refractivity contribution in [2.24, 2.45) is 0 Å². The van der Waals surface area contributed by atoms with Gasteiger partial charge in [-0.3, -0.25) is 9.69 Å². The molecule has 2 aromatic rings. The lowest BCUT2D eigenvalue weighted by Crippen LogP contribution is -2.48. The number of hydrogen-bond acceptors (Lipinski definition) is 7. The lowest BCUT2D eigenvalue weighted by atomic mass is 9.95. The van der Waals surface area contributed by atoms with Gasteiger partial charge in [-0.15, -0.1) is 0 Å². The van der Waals surface area contributed by atoms with Crippen LogP contribution in [0.5, 0.6) is 5.75 Å². The van der Waals surface area contributed by atoms with E-state index in [2.05, 4.69) is 39.2 Å². The summed E-state index contributed by atoms with van der Waals surface area (Å²) in [5.41, 5.74) is 3.33. The maximum atomic E-state index is 13.0. The van der Waals surface area contributed by atoms with E-state index in [1.165, 1.54) is 11.1 Å². The second kappa shape index (κ2) is 10.9. The Kier molecular flexibility index (Phi) is 7.77. The molecule has 178 valence electrons. The van der Waals surface area contributed by atoms with Crippen molar-refractivity contribution in [1.82, 2.24) is 19.8 Å². The molecule has 3 heterocycles. The summed E-state index contributed by atoms with van der Waals surface area (Å²) in [6, 6.07) is 7.11. The molecule has 1 unspecified atom stereocenters. The summed E-state index contributed by atoms with van der Waals surface area (Å²) in [6.45, 7) is 6.29. The van der Waals surface area contributed by atoms with Crippen molar-refractivity contribution in [3.8, 4) is 5.75 Å². The Balaban J connectivity index is 1.28. The fraction of sp³-hybridized carbons (Fsp3) is 0.560. The molecule has 1 saturated heterocycles. The number of likely N-dealkylation sites (tertiary alicyclic amines) is 1. The zero-order valence-electron chi connectivity index (χ0n) is 19.9. The molecule has 2 aliphatic rings. The molecule has 1 fully saturated rings. The van der Waals surface area contributed by atoms with Crippen molar-refractivity contribution in [2.75, 3.05) is 45.8 Å². The minimum absolute atomic E-state index is 0.0150. The van der Waals surface area contributed by atoms with Crippen LogP contribution in [0.15, 0.2) is 30.6 Å². The van der Waals surface area contributed by atoms with E-state index in [9.17, 15) is 4.79 Å². The molecule has 1 aromatic heterocycles. The van der Waals surface area contributed by atoms with Crippen LogP contribution in [-0.2, 0) is 17.7 Å². The molecule has 8 heteroatoms. The molecule has 1 atom stereocenters. The van der Waals surface area contributed by atoms with Gasteiger partial charge in [-0.2, -0.15) is 0 Å². The number of nitrogens with zero attached hydrogens (tertiary/aromatic N) is 4. The van der Waals surface area contributed by atoms with E-state index < -0.39 is 0 Å². The van der Waals surface area contributed by atoms with Crippen molar-refractivity contribution < 1.29 is 14.3 Å². The largest absolute Gasteiger partial charge is 0.497 e. The van der Waals surface area contributed by atoms with E-state index in [1.54, 1.807) is 26.6 Å². The maximum Gasteiger partial charge on any atom is 0.256 e. The third-order valence-electron chi connectivity index (χ3n) is 6.75. The van der Waals surface area contributed by atoms with Gasteiger partial charge in [0.1, 0.15) is 5.75 Å². The summed E-state index contributed by atoms with van der Waals surface area (Å²) in [5, 5.41) is 3.24. The van der Waals surface area contributed by atoms with Crippen LogP contribution in [-0.4, -0.2) is 78.2 Å². The molecular weight excluding hydrogens is 418 g/mol. The van der Waals surface area contributed by atoms with Gasteiger partial charge >= 0.3 is 0 Å². The summed E-state index contributed by atoms with van der Waals surface area (Å²) < 4.78 is 10.5. The second-order valence-corrected chi connectivity index (χ2v) is 9.00. The Morgan fingerprint density at radius 3 is 2.61 bits per heavy atom. The number of nitrogens with one attached hydrogen (secondary N) is 1. The van der Waals surface area contributed by atoms with Gasteiger partial charge < -0.3 is 19.7 Å². The number of fused-ring (bicyclic) bond motifs is 1. The Morgan fingerprint density at radius 1 is 1.15 bits per heavy atom. The highest BCUT2D eigenvalue weighted by Crippen LogP contribution is 2.28. The molecule has 33 heavy (non-hydrogen) atoms. The van der Waals surface area contributed by atoms with Gasteiger partial charge in [0, 0.05) is 64.4 Å². The Morgan fingerprint density at radius 2 is 1.91 bits per heavy atom. The number of carbonyl (C=O) groups excluding carboxylic acids is 1. The van der Waals surface area contributed by atoms with Gasteiger partial charge in [-0.1, -0.05) is 6.07 Å². The first-order valence-corrected chi connectivity index (χ1v) is 11.8. The van der Waals surface area contributed by atoms with Crippen molar-refractivity contribution in [3.05, 3.63) is 47.3 Å². The molecule has 0 spiro atoms. The topological polar surface area (TPSA) is 79.8 Å². The van der Waals surface area contributed by atoms with E-state index in [0.717, 1.165) is 57.6 Å². The molecule has 0 aliphatic carbocycles. The molecule has 2 aliphatic heterocycles. The molecule has 4 rings (SSSR count). The van der Waals surface area contributed by atoms with Gasteiger partial charge in [-0.05, 0) is 55.9 Å². The van der Waals surface area contributed by atoms with Crippen molar-refractivity contribution in [3.63, 3.8) is 0 Å². The van der Waals surface area contributed by atoms with Crippen LogP contribution >= 0.6 is 0 Å². The van der Waals surface area contributed by atoms with Crippen LogP contribution in [0.25, 0.3) is 0 Å². The fourth-order valence-corrected chi connectivity index (χ4v) is 4.71. The average molecular weight is 454 g/mol. The minimum Gasteiger partial charge on any atom is -0.497 e. The number of amides is 1. The number of piperidine rings is 1. The summed E-state index contributed by atoms with van der Waals surface area (Å²) in [4.78, 5) is 26.2. The molecule has 0 bridgehead atoms. The smallest absolute Gasteiger partial charge is 0.256 e. The molecule has 0 saturated carbocycles. The number of anilines is 1. The molecular formula is C25H35N5O3. The minimum atomic E-state index is 0.0150. The van der Waals surface area contributed by atoms with E-state index in [4.69, 9.17) is 9.47 Å². The average Bonchev–Trinajstić information content (AvgIpc) is 2.87. The molecule has 0 radical (unpaired) electrons. The SMILES string of the molecule is COCCC(C)Nc1ncc(C(=O)N2CCC(N3CCc4ccc(OC)cc4C3)CC2)cn1. The lowest BCUT2D eigenvalue weighted by Gasteiger charge is -2.40. The molecule has 1 amide bonds. The summed E-state index contributed by atoms with van der Waals surface area (Å²) >= 11 is 0. The third-order valence-corrected chi connectivity index (χ3v) is 6.75. The number of hydrogen-bond donors (Lipinski definition) is 1. The first-order valence-electron chi connectivity index (χ1n) is 11.8. The summed E-state index contributed by atoms with van der Waals surface area (Å²) in [7, 11) is 3.41. The van der Waals surface area contributed by atoms with Gasteiger partial charge in [-0.25, -0.2) is 9.97 Å². The first kappa shape index (κ1) is 23.4. The molecule has 1 N–H and O–H groups in total. The van der Waals surface area contributed by atoms with Crippen LogP contribution in [0.3, 0.4) is 0 Å². The predicted octanol–water partition coefficient (Wildman–Crippen LogP) is 2.99. The van der Waals surface area contributed by atoms with Crippen LogP contribution in [0.2, 0.25) is 0 Å². The summed E-state index contributed by atoms with van der Waals surface area (Å²) in [6.07, 6.45) is 7.17. The zero-order valence-corrected chi connectivity index (χ0v) is 19.9. The molecule has 1 aromatic carbocycles. The van der Waals surface area contributed by atoms with Gasteiger partial charge in [0.25, 0.3) is 5.91 Å². The van der Waals surface area contributed by atoms with Crippen molar-refractivity contribution in [1.29, 1.82) is 0 Å².